The Kier molecular flexibility index (Phi) is 6.72. The Labute approximate surface area is 205 Å². The van der Waals surface area contributed by atoms with E-state index in [-0.39, 0.29) is 17.7 Å². The van der Waals surface area contributed by atoms with Crippen molar-refractivity contribution < 1.29 is 14.3 Å². The lowest BCUT2D eigenvalue weighted by molar-refractivity contribution is -0.114. The van der Waals surface area contributed by atoms with Gasteiger partial charge in [0.25, 0.3) is 0 Å². The second-order valence-electron chi connectivity index (χ2n) is 9.82. The zero-order chi connectivity index (χ0) is 23.0. The largest absolute Gasteiger partial charge is 0.412 e. The number of likely N-dealkylation sites (tertiary alicyclic amines) is 1. The summed E-state index contributed by atoms with van der Waals surface area (Å²) in [7, 11) is 0. The number of rotatable bonds is 5. The van der Waals surface area contributed by atoms with E-state index in [4.69, 9.17) is 21.1 Å². The minimum absolute atomic E-state index is 0.0808. The SMILES string of the molecule is CCc1cc2c(s1)CCO[C@@]21CCN(CC2CC(NC(=O)Oc3ccc(Cl)cc3)C2)[C@@H](C)C1. The lowest BCUT2D eigenvalue weighted by atomic mass is 9.76. The van der Waals surface area contributed by atoms with Crippen LogP contribution in [0, 0.1) is 5.92 Å². The predicted octanol–water partition coefficient (Wildman–Crippen LogP) is 5.78. The first kappa shape index (κ1) is 23.2. The van der Waals surface area contributed by atoms with Crippen LogP contribution in [0.2, 0.25) is 5.02 Å². The quantitative estimate of drug-likeness (QED) is 0.579. The van der Waals surface area contributed by atoms with Gasteiger partial charge in [-0.25, -0.2) is 4.79 Å². The molecule has 0 radical (unpaired) electrons. The van der Waals surface area contributed by atoms with E-state index in [0.717, 1.165) is 58.2 Å². The number of piperidine rings is 1. The fourth-order valence-corrected chi connectivity index (χ4v) is 6.99. The maximum Gasteiger partial charge on any atom is 0.412 e. The summed E-state index contributed by atoms with van der Waals surface area (Å²) < 4.78 is 11.8. The minimum Gasteiger partial charge on any atom is -0.410 e. The van der Waals surface area contributed by atoms with Gasteiger partial charge in [-0.2, -0.15) is 0 Å². The monoisotopic (exact) mass is 488 g/mol. The van der Waals surface area contributed by atoms with Crippen LogP contribution >= 0.6 is 22.9 Å². The molecular weight excluding hydrogens is 456 g/mol. The first-order valence-electron chi connectivity index (χ1n) is 12.2. The summed E-state index contributed by atoms with van der Waals surface area (Å²) >= 11 is 7.87. The Bertz CT molecular complexity index is 988. The van der Waals surface area contributed by atoms with E-state index >= 15 is 0 Å². The normalized spacial score (nSPS) is 29.4. The number of fused-ring (bicyclic) bond motifs is 2. The maximum absolute atomic E-state index is 12.2. The van der Waals surface area contributed by atoms with Gasteiger partial charge in [0.05, 0.1) is 12.2 Å². The summed E-state index contributed by atoms with van der Waals surface area (Å²) in [6.07, 6.45) is 5.95. The molecule has 2 aliphatic heterocycles. The number of carbonyl (C=O) groups is 1. The number of ether oxygens (including phenoxy) is 2. The van der Waals surface area contributed by atoms with Crippen LogP contribution in [0.4, 0.5) is 4.79 Å². The van der Waals surface area contributed by atoms with Crippen molar-refractivity contribution in [1.29, 1.82) is 0 Å². The molecule has 3 aliphatic rings. The van der Waals surface area contributed by atoms with Crippen LogP contribution in [-0.4, -0.2) is 42.8 Å². The van der Waals surface area contributed by atoms with E-state index in [9.17, 15) is 4.79 Å². The number of carbonyl (C=O) groups excluding carboxylic acids is 1. The number of thiophene rings is 1. The zero-order valence-electron chi connectivity index (χ0n) is 19.4. The van der Waals surface area contributed by atoms with Gasteiger partial charge in [0.15, 0.2) is 0 Å². The van der Waals surface area contributed by atoms with Crippen LogP contribution in [0.1, 0.15) is 54.8 Å². The fraction of sp³-hybridized carbons (Fsp3) is 0.577. The van der Waals surface area contributed by atoms with Gasteiger partial charge in [-0.15, -0.1) is 11.3 Å². The number of hydrogen-bond acceptors (Lipinski definition) is 5. The topological polar surface area (TPSA) is 50.8 Å². The third-order valence-electron chi connectivity index (χ3n) is 7.53. The number of nitrogens with one attached hydrogen (secondary N) is 1. The van der Waals surface area contributed by atoms with Crippen LogP contribution in [0.25, 0.3) is 0 Å². The molecule has 2 aromatic rings. The van der Waals surface area contributed by atoms with Crippen molar-refractivity contribution in [2.75, 3.05) is 19.7 Å². The summed E-state index contributed by atoms with van der Waals surface area (Å²) in [6.45, 7) is 7.62. The molecule has 0 bridgehead atoms. The van der Waals surface area contributed by atoms with Gasteiger partial charge < -0.3 is 19.7 Å². The Balaban J connectivity index is 1.09. The molecule has 1 aliphatic carbocycles. The van der Waals surface area contributed by atoms with Gasteiger partial charge in [-0.1, -0.05) is 18.5 Å². The van der Waals surface area contributed by atoms with Gasteiger partial charge >= 0.3 is 6.09 Å². The van der Waals surface area contributed by atoms with Gasteiger partial charge in [0.1, 0.15) is 5.75 Å². The van der Waals surface area contributed by atoms with Crippen molar-refractivity contribution in [2.24, 2.45) is 5.92 Å². The fourth-order valence-electron chi connectivity index (χ4n) is 5.69. The Morgan fingerprint density at radius 1 is 1.33 bits per heavy atom. The molecule has 5 nitrogen and oxygen atoms in total. The number of aryl methyl sites for hydroxylation is 1. The number of benzene rings is 1. The highest BCUT2D eigenvalue weighted by Gasteiger charge is 2.45. The summed E-state index contributed by atoms with van der Waals surface area (Å²) in [5.41, 5.74) is 1.40. The molecule has 5 rings (SSSR count). The number of nitrogens with zero attached hydrogens (tertiary/aromatic N) is 1. The standard InChI is InChI=1S/C26H33ClN2O3S/c1-3-22-14-23-24(33-22)8-11-31-26(23)9-10-29(17(2)15-26)16-18-12-20(13-18)28-25(30)32-21-6-4-19(27)5-7-21/h4-7,14,17-18,20H,3,8-13,15-16H2,1-2H3,(H,28,30)/t17-,18?,20?,26+/m0/s1. The number of amides is 1. The molecule has 0 unspecified atom stereocenters. The highest BCUT2D eigenvalue weighted by Crippen LogP contribution is 2.46. The maximum atomic E-state index is 12.2. The molecule has 1 aromatic heterocycles. The second kappa shape index (κ2) is 9.57. The van der Waals surface area contributed by atoms with Gasteiger partial charge in [-0.05, 0) is 80.8 Å². The van der Waals surface area contributed by atoms with E-state index < -0.39 is 0 Å². The summed E-state index contributed by atoms with van der Waals surface area (Å²) in [4.78, 5) is 17.8. The second-order valence-corrected chi connectivity index (χ2v) is 11.5. The highest BCUT2D eigenvalue weighted by molar-refractivity contribution is 7.12. The molecular formula is C26H33ClN2O3S. The van der Waals surface area contributed by atoms with Gasteiger partial charge in [0, 0.05) is 46.4 Å². The summed E-state index contributed by atoms with van der Waals surface area (Å²) in [5.74, 6) is 1.13. The molecule has 7 heteroatoms. The molecule has 33 heavy (non-hydrogen) atoms. The van der Waals surface area contributed by atoms with E-state index in [2.05, 4.69) is 30.1 Å². The van der Waals surface area contributed by atoms with Crippen LogP contribution in [0.3, 0.4) is 0 Å². The lowest BCUT2D eigenvalue weighted by Crippen LogP contribution is -2.54. The number of halogens is 1. The molecule has 2 fully saturated rings. The van der Waals surface area contributed by atoms with E-state index in [1.807, 2.05) is 11.3 Å². The minimum atomic E-state index is -0.387. The van der Waals surface area contributed by atoms with E-state index in [1.165, 1.54) is 10.4 Å². The molecule has 1 N–H and O–H groups in total. The molecule has 3 heterocycles. The van der Waals surface area contributed by atoms with Crippen molar-refractivity contribution in [3.8, 4) is 5.75 Å². The van der Waals surface area contributed by atoms with Crippen molar-refractivity contribution in [3.63, 3.8) is 0 Å². The van der Waals surface area contributed by atoms with Gasteiger partial charge in [0.2, 0.25) is 0 Å². The summed E-state index contributed by atoms with van der Waals surface area (Å²) in [6, 6.07) is 9.96. The molecule has 1 spiro atoms. The highest BCUT2D eigenvalue weighted by atomic mass is 35.5. The summed E-state index contributed by atoms with van der Waals surface area (Å²) in [5, 5.41) is 3.62. The Morgan fingerprint density at radius 3 is 2.85 bits per heavy atom. The predicted molar refractivity (Wildman–Crippen MR) is 132 cm³/mol. The van der Waals surface area contributed by atoms with E-state index in [1.54, 1.807) is 29.1 Å². The molecule has 1 saturated carbocycles. The third kappa shape index (κ3) is 4.95. The van der Waals surface area contributed by atoms with Crippen LogP contribution in [0.15, 0.2) is 30.3 Å². The van der Waals surface area contributed by atoms with Crippen LogP contribution < -0.4 is 10.1 Å². The molecule has 1 amide bonds. The van der Waals surface area contributed by atoms with Crippen molar-refractivity contribution in [2.45, 2.75) is 70.1 Å². The molecule has 1 aromatic carbocycles. The Hall–Kier alpha value is -1.60. The third-order valence-corrected chi connectivity index (χ3v) is 9.12. The molecule has 2 atom stereocenters. The Morgan fingerprint density at radius 2 is 2.12 bits per heavy atom. The van der Waals surface area contributed by atoms with Crippen molar-refractivity contribution in [1.82, 2.24) is 10.2 Å². The number of hydrogen-bond donors (Lipinski definition) is 1. The zero-order valence-corrected chi connectivity index (χ0v) is 21.0. The van der Waals surface area contributed by atoms with E-state index in [0.29, 0.717) is 22.7 Å². The first-order chi connectivity index (χ1) is 15.9. The smallest absolute Gasteiger partial charge is 0.410 e. The molecule has 1 saturated heterocycles. The average Bonchev–Trinajstić information content (AvgIpc) is 3.21. The average molecular weight is 489 g/mol. The van der Waals surface area contributed by atoms with Crippen molar-refractivity contribution in [3.05, 3.63) is 50.7 Å². The molecule has 178 valence electrons. The first-order valence-corrected chi connectivity index (χ1v) is 13.4. The van der Waals surface area contributed by atoms with Crippen molar-refractivity contribution >= 4 is 29.0 Å². The lowest BCUT2D eigenvalue weighted by Gasteiger charge is -2.49. The van der Waals surface area contributed by atoms with Crippen LogP contribution in [0.5, 0.6) is 5.75 Å². The van der Waals surface area contributed by atoms with Gasteiger partial charge in [-0.3, -0.25) is 0 Å². The van der Waals surface area contributed by atoms with Crippen LogP contribution in [-0.2, 0) is 23.2 Å².